The van der Waals surface area contributed by atoms with Gasteiger partial charge < -0.3 is 10.4 Å². The van der Waals surface area contributed by atoms with Crippen LogP contribution in [-0.2, 0) is 4.79 Å². The van der Waals surface area contributed by atoms with Crippen LogP contribution in [0, 0.1) is 5.92 Å². The molecule has 0 bridgehead atoms. The van der Waals surface area contributed by atoms with E-state index in [-0.39, 0.29) is 18.2 Å². The number of rotatable bonds is 5. The molecule has 0 aliphatic heterocycles. The maximum Gasteiger partial charge on any atom is 0.303 e. The van der Waals surface area contributed by atoms with E-state index in [1.165, 1.54) is 6.20 Å². The van der Waals surface area contributed by atoms with Crippen molar-refractivity contribution in [3.8, 4) is 0 Å². The minimum Gasteiger partial charge on any atom is -0.481 e. The molecule has 1 heterocycles. The Kier molecular flexibility index (Phi) is 4.44. The summed E-state index contributed by atoms with van der Waals surface area (Å²) in [7, 11) is 0. The van der Waals surface area contributed by atoms with Crippen LogP contribution in [0.4, 0.5) is 0 Å². The van der Waals surface area contributed by atoms with Crippen LogP contribution in [-0.4, -0.2) is 28.5 Å². The zero-order valence-electron chi connectivity index (χ0n) is 9.01. The van der Waals surface area contributed by atoms with Gasteiger partial charge >= 0.3 is 5.97 Å². The lowest BCUT2D eigenvalue weighted by Gasteiger charge is -2.09. The number of aromatic nitrogens is 1. The van der Waals surface area contributed by atoms with Crippen molar-refractivity contribution in [2.75, 3.05) is 6.54 Å². The molecule has 16 heavy (non-hydrogen) atoms. The van der Waals surface area contributed by atoms with E-state index in [0.29, 0.717) is 12.1 Å². The monoisotopic (exact) mass is 222 g/mol. The third-order valence-electron chi connectivity index (χ3n) is 2.06. The van der Waals surface area contributed by atoms with Crippen LogP contribution in [0.15, 0.2) is 24.5 Å². The Morgan fingerprint density at radius 2 is 2.31 bits per heavy atom. The fraction of sp³-hybridized carbons (Fsp3) is 0.364. The van der Waals surface area contributed by atoms with E-state index in [4.69, 9.17) is 5.11 Å². The van der Waals surface area contributed by atoms with Crippen LogP contribution in [0.3, 0.4) is 0 Å². The Morgan fingerprint density at radius 1 is 1.56 bits per heavy atom. The molecule has 0 radical (unpaired) electrons. The molecule has 1 aromatic rings. The van der Waals surface area contributed by atoms with E-state index in [1.54, 1.807) is 25.3 Å². The Labute approximate surface area is 93.5 Å². The number of carbonyl (C=O) groups is 2. The summed E-state index contributed by atoms with van der Waals surface area (Å²) < 4.78 is 0. The highest BCUT2D eigenvalue weighted by Crippen LogP contribution is 2.01. The predicted molar refractivity (Wildman–Crippen MR) is 58.0 cm³/mol. The van der Waals surface area contributed by atoms with Crippen LogP contribution in [0.5, 0.6) is 0 Å². The molecule has 0 saturated heterocycles. The second-order valence-corrected chi connectivity index (χ2v) is 3.65. The average molecular weight is 222 g/mol. The van der Waals surface area contributed by atoms with Crippen molar-refractivity contribution in [3.63, 3.8) is 0 Å². The molecule has 1 rings (SSSR count). The maximum absolute atomic E-state index is 11.5. The highest BCUT2D eigenvalue weighted by molar-refractivity contribution is 5.93. The third-order valence-corrected chi connectivity index (χ3v) is 2.06. The fourth-order valence-electron chi connectivity index (χ4n) is 1.24. The lowest BCUT2D eigenvalue weighted by molar-refractivity contribution is -0.137. The molecule has 86 valence electrons. The largest absolute Gasteiger partial charge is 0.481 e. The number of carboxylic acids is 1. The zero-order valence-corrected chi connectivity index (χ0v) is 9.01. The number of nitrogens with one attached hydrogen (secondary N) is 1. The number of amides is 1. The van der Waals surface area contributed by atoms with Gasteiger partial charge in [-0.1, -0.05) is 6.92 Å². The summed E-state index contributed by atoms with van der Waals surface area (Å²) in [6.45, 7) is 2.12. The topological polar surface area (TPSA) is 79.3 Å². The summed E-state index contributed by atoms with van der Waals surface area (Å²) in [5.41, 5.74) is 0.477. The molecule has 0 saturated carbocycles. The van der Waals surface area contributed by atoms with E-state index >= 15 is 0 Å². The Morgan fingerprint density at radius 3 is 2.88 bits per heavy atom. The predicted octanol–water partition coefficient (Wildman–Crippen LogP) is 0.922. The molecule has 0 aliphatic rings. The molecule has 0 spiro atoms. The number of nitrogens with zero attached hydrogens (tertiary/aromatic N) is 1. The Bertz CT molecular complexity index is 365. The molecular weight excluding hydrogens is 208 g/mol. The standard InChI is InChI=1S/C11H14N2O3/c1-8(5-10(14)15)6-13-11(16)9-3-2-4-12-7-9/h2-4,7-8H,5-6H2,1H3,(H,13,16)(H,14,15). The molecule has 1 amide bonds. The van der Waals surface area contributed by atoms with Gasteiger partial charge in [-0.25, -0.2) is 0 Å². The maximum atomic E-state index is 11.5. The molecule has 0 aromatic carbocycles. The van der Waals surface area contributed by atoms with Crippen molar-refractivity contribution >= 4 is 11.9 Å². The Hall–Kier alpha value is -1.91. The van der Waals surface area contributed by atoms with Gasteiger partial charge in [0.15, 0.2) is 0 Å². The SMILES string of the molecule is CC(CNC(=O)c1cccnc1)CC(=O)O. The number of carboxylic acid groups (broad SMARTS) is 1. The van der Waals surface area contributed by atoms with E-state index < -0.39 is 5.97 Å². The minimum absolute atomic E-state index is 0.0489. The number of aliphatic carboxylic acids is 1. The number of carbonyl (C=O) groups excluding carboxylic acids is 1. The zero-order chi connectivity index (χ0) is 12.0. The van der Waals surface area contributed by atoms with E-state index in [9.17, 15) is 9.59 Å². The molecule has 1 unspecified atom stereocenters. The van der Waals surface area contributed by atoms with Crippen LogP contribution in [0.2, 0.25) is 0 Å². The molecule has 2 N–H and O–H groups in total. The van der Waals surface area contributed by atoms with Gasteiger partial charge in [-0.05, 0) is 18.1 Å². The summed E-state index contributed by atoms with van der Waals surface area (Å²) in [5.74, 6) is -1.17. The second-order valence-electron chi connectivity index (χ2n) is 3.65. The number of pyridine rings is 1. The normalized spacial score (nSPS) is 11.8. The van der Waals surface area contributed by atoms with E-state index in [0.717, 1.165) is 0 Å². The van der Waals surface area contributed by atoms with Crippen molar-refractivity contribution in [1.29, 1.82) is 0 Å². The van der Waals surface area contributed by atoms with Crippen LogP contribution < -0.4 is 5.32 Å². The molecule has 0 fully saturated rings. The molecular formula is C11H14N2O3. The molecule has 1 aromatic heterocycles. The second kappa shape index (κ2) is 5.85. The summed E-state index contributed by atoms with van der Waals surface area (Å²) in [6, 6.07) is 3.33. The molecule has 0 aliphatic carbocycles. The molecule has 5 heteroatoms. The summed E-state index contributed by atoms with van der Waals surface area (Å²) in [4.78, 5) is 25.8. The quantitative estimate of drug-likeness (QED) is 0.776. The first-order valence-corrected chi connectivity index (χ1v) is 4.99. The van der Waals surface area contributed by atoms with Gasteiger partial charge in [-0.15, -0.1) is 0 Å². The lowest BCUT2D eigenvalue weighted by Crippen LogP contribution is -2.29. The fourth-order valence-corrected chi connectivity index (χ4v) is 1.24. The van der Waals surface area contributed by atoms with Gasteiger partial charge in [0.05, 0.1) is 5.56 Å². The highest BCUT2D eigenvalue weighted by atomic mass is 16.4. The van der Waals surface area contributed by atoms with Crippen LogP contribution >= 0.6 is 0 Å². The number of hydrogen-bond acceptors (Lipinski definition) is 3. The third kappa shape index (κ3) is 4.08. The Balaban J connectivity index is 2.39. The van der Waals surface area contributed by atoms with Gasteiger partial charge in [0.1, 0.15) is 0 Å². The van der Waals surface area contributed by atoms with E-state index in [2.05, 4.69) is 10.3 Å². The van der Waals surface area contributed by atoms with Crippen molar-refractivity contribution in [3.05, 3.63) is 30.1 Å². The van der Waals surface area contributed by atoms with Crippen molar-refractivity contribution in [2.45, 2.75) is 13.3 Å². The van der Waals surface area contributed by atoms with Gasteiger partial charge in [0.2, 0.25) is 0 Å². The van der Waals surface area contributed by atoms with Gasteiger partial charge in [0.25, 0.3) is 5.91 Å². The first kappa shape index (κ1) is 12.2. The molecule has 5 nitrogen and oxygen atoms in total. The van der Waals surface area contributed by atoms with Crippen LogP contribution in [0.1, 0.15) is 23.7 Å². The first-order chi connectivity index (χ1) is 7.59. The van der Waals surface area contributed by atoms with Crippen molar-refractivity contribution in [2.24, 2.45) is 5.92 Å². The lowest BCUT2D eigenvalue weighted by atomic mass is 10.1. The van der Waals surface area contributed by atoms with Crippen LogP contribution in [0.25, 0.3) is 0 Å². The minimum atomic E-state index is -0.858. The summed E-state index contributed by atoms with van der Waals surface area (Å²) in [6.07, 6.45) is 3.11. The smallest absolute Gasteiger partial charge is 0.303 e. The van der Waals surface area contributed by atoms with Gasteiger partial charge in [-0.2, -0.15) is 0 Å². The summed E-state index contributed by atoms with van der Waals surface area (Å²) in [5, 5.41) is 11.2. The highest BCUT2D eigenvalue weighted by Gasteiger charge is 2.10. The van der Waals surface area contributed by atoms with Gasteiger partial charge in [-0.3, -0.25) is 14.6 Å². The first-order valence-electron chi connectivity index (χ1n) is 4.99. The number of hydrogen-bond donors (Lipinski definition) is 2. The van der Waals surface area contributed by atoms with Crippen molar-refractivity contribution in [1.82, 2.24) is 10.3 Å². The summed E-state index contributed by atoms with van der Waals surface area (Å²) >= 11 is 0. The molecule has 1 atom stereocenters. The van der Waals surface area contributed by atoms with E-state index in [1.807, 2.05) is 0 Å². The average Bonchev–Trinajstić information content (AvgIpc) is 2.26. The van der Waals surface area contributed by atoms with Crippen molar-refractivity contribution < 1.29 is 14.7 Å². The van der Waals surface area contributed by atoms with Gasteiger partial charge in [0, 0.05) is 25.4 Å².